The smallest absolute Gasteiger partial charge is 0.255 e. The summed E-state index contributed by atoms with van der Waals surface area (Å²) >= 11 is 6.03. The van der Waals surface area contributed by atoms with E-state index in [2.05, 4.69) is 20.7 Å². The number of hydrogen-bond acceptors (Lipinski definition) is 5. The van der Waals surface area contributed by atoms with E-state index in [1.807, 2.05) is 42.8 Å². The van der Waals surface area contributed by atoms with Gasteiger partial charge < -0.3 is 16.4 Å². The fraction of sp³-hybridized carbons (Fsp3) is 0.440. The topological polar surface area (TPSA) is 115 Å². The molecule has 1 saturated carbocycles. The van der Waals surface area contributed by atoms with Crippen molar-refractivity contribution in [1.82, 2.24) is 20.1 Å². The molecule has 180 valence electrons. The third-order valence-corrected chi connectivity index (χ3v) is 6.93. The fourth-order valence-electron chi connectivity index (χ4n) is 4.66. The predicted octanol–water partition coefficient (Wildman–Crippen LogP) is 4.44. The second-order valence-corrected chi connectivity index (χ2v) is 9.26. The van der Waals surface area contributed by atoms with Gasteiger partial charge in [-0.05, 0) is 56.7 Å². The number of benzene rings is 1. The number of hydrogen-bond donors (Lipinski definition) is 3. The van der Waals surface area contributed by atoms with Gasteiger partial charge >= 0.3 is 0 Å². The third kappa shape index (κ3) is 5.01. The molecule has 4 rings (SSSR count). The number of nitrogens with two attached hydrogens (primary N) is 1. The van der Waals surface area contributed by atoms with Crippen LogP contribution >= 0.6 is 11.6 Å². The molecule has 0 radical (unpaired) electrons. The van der Waals surface area contributed by atoms with Crippen LogP contribution in [-0.4, -0.2) is 32.6 Å². The minimum Gasteiger partial charge on any atom is -0.381 e. The van der Waals surface area contributed by atoms with Crippen molar-refractivity contribution in [2.75, 3.05) is 5.32 Å². The van der Waals surface area contributed by atoms with E-state index in [-0.39, 0.29) is 29.8 Å². The molecule has 3 aromatic rings. The van der Waals surface area contributed by atoms with Gasteiger partial charge in [0.25, 0.3) is 5.91 Å². The molecule has 34 heavy (non-hydrogen) atoms. The Labute approximate surface area is 204 Å². The normalized spacial score (nSPS) is 19.0. The average molecular weight is 483 g/mol. The summed E-state index contributed by atoms with van der Waals surface area (Å²) in [5, 5.41) is 12.7. The van der Waals surface area contributed by atoms with Crippen LogP contribution in [0.3, 0.4) is 0 Å². The van der Waals surface area contributed by atoms with Crippen LogP contribution in [0.15, 0.2) is 36.7 Å². The molecule has 1 aliphatic rings. The van der Waals surface area contributed by atoms with Crippen LogP contribution in [0.4, 0.5) is 5.69 Å². The molecule has 0 spiro atoms. The van der Waals surface area contributed by atoms with Crippen LogP contribution in [-0.2, 0) is 11.3 Å². The van der Waals surface area contributed by atoms with Gasteiger partial charge in [-0.25, -0.2) is 9.67 Å². The standard InChI is InChI=1S/C25H31ClN6O2/c1-3-21(15-5-9-17(26)10-6-15)31-25(34)20-13-28-24-19(14-29-32(24)4-2)22(20)30-18-11-7-16(8-12-18)23(27)33/h5-6,9-10,13-14,16,18,21H,3-4,7-8,11-12H2,1-2H3,(H2,27,33)(H,28,30)(H,31,34). The monoisotopic (exact) mass is 482 g/mol. The summed E-state index contributed by atoms with van der Waals surface area (Å²) < 4.78 is 1.81. The maximum Gasteiger partial charge on any atom is 0.255 e. The van der Waals surface area contributed by atoms with Crippen molar-refractivity contribution in [1.29, 1.82) is 0 Å². The van der Waals surface area contributed by atoms with Crippen molar-refractivity contribution in [3.63, 3.8) is 0 Å². The first-order chi connectivity index (χ1) is 16.4. The molecule has 2 amide bonds. The first kappa shape index (κ1) is 24.0. The number of aromatic nitrogens is 3. The highest BCUT2D eigenvalue weighted by Crippen LogP contribution is 2.32. The third-order valence-electron chi connectivity index (χ3n) is 6.67. The number of nitrogens with one attached hydrogen (secondary N) is 2. The second-order valence-electron chi connectivity index (χ2n) is 8.83. The van der Waals surface area contributed by atoms with E-state index in [4.69, 9.17) is 17.3 Å². The van der Waals surface area contributed by atoms with E-state index in [1.165, 1.54) is 0 Å². The lowest BCUT2D eigenvalue weighted by atomic mass is 9.85. The van der Waals surface area contributed by atoms with Crippen LogP contribution in [0.5, 0.6) is 0 Å². The largest absolute Gasteiger partial charge is 0.381 e. The summed E-state index contributed by atoms with van der Waals surface area (Å²) in [6.45, 7) is 4.72. The highest BCUT2D eigenvalue weighted by atomic mass is 35.5. The van der Waals surface area contributed by atoms with Gasteiger partial charge in [-0.1, -0.05) is 30.7 Å². The van der Waals surface area contributed by atoms with Gasteiger partial charge in [0.1, 0.15) is 0 Å². The summed E-state index contributed by atoms with van der Waals surface area (Å²) in [6, 6.07) is 7.50. The van der Waals surface area contributed by atoms with Crippen LogP contribution in [0.1, 0.15) is 67.9 Å². The molecule has 2 heterocycles. The van der Waals surface area contributed by atoms with Crippen molar-refractivity contribution < 1.29 is 9.59 Å². The molecule has 8 nitrogen and oxygen atoms in total. The van der Waals surface area contributed by atoms with Crippen molar-refractivity contribution in [3.8, 4) is 0 Å². The molecular weight excluding hydrogens is 452 g/mol. The van der Waals surface area contributed by atoms with Gasteiger partial charge in [0.15, 0.2) is 5.65 Å². The summed E-state index contributed by atoms with van der Waals surface area (Å²) in [7, 11) is 0. The van der Waals surface area contributed by atoms with E-state index >= 15 is 0 Å². The first-order valence-electron chi connectivity index (χ1n) is 11.9. The number of amides is 2. The quantitative estimate of drug-likeness (QED) is 0.439. The van der Waals surface area contributed by atoms with Gasteiger partial charge in [0.05, 0.1) is 28.9 Å². The van der Waals surface area contributed by atoms with E-state index in [0.717, 1.165) is 54.4 Å². The Bertz CT molecular complexity index is 1170. The number of rotatable bonds is 8. The number of fused-ring (bicyclic) bond motifs is 1. The lowest BCUT2D eigenvalue weighted by Crippen LogP contribution is -2.33. The lowest BCUT2D eigenvalue weighted by Gasteiger charge is -2.29. The van der Waals surface area contributed by atoms with Crippen molar-refractivity contribution in [2.24, 2.45) is 11.7 Å². The minimum atomic E-state index is -0.234. The Hall–Kier alpha value is -3.13. The molecule has 0 saturated heterocycles. The molecule has 1 aliphatic carbocycles. The zero-order chi connectivity index (χ0) is 24.2. The molecule has 1 aromatic carbocycles. The number of nitrogens with zero attached hydrogens (tertiary/aromatic N) is 3. The summed E-state index contributed by atoms with van der Waals surface area (Å²) in [4.78, 5) is 29.6. The number of carbonyl (C=O) groups is 2. The number of pyridine rings is 1. The zero-order valence-electron chi connectivity index (χ0n) is 19.6. The molecule has 0 aliphatic heterocycles. The number of halogens is 1. The average Bonchev–Trinajstić information content (AvgIpc) is 3.27. The van der Waals surface area contributed by atoms with Gasteiger partial charge in [-0.2, -0.15) is 5.10 Å². The lowest BCUT2D eigenvalue weighted by molar-refractivity contribution is -0.122. The maximum absolute atomic E-state index is 13.5. The highest BCUT2D eigenvalue weighted by molar-refractivity contribution is 6.30. The molecule has 1 fully saturated rings. The van der Waals surface area contributed by atoms with Crippen LogP contribution in [0.2, 0.25) is 5.02 Å². The van der Waals surface area contributed by atoms with Gasteiger partial charge in [-0.3, -0.25) is 9.59 Å². The Kier molecular flexibility index (Phi) is 7.36. The number of carbonyl (C=O) groups excluding carboxylic acids is 2. The molecule has 4 N–H and O–H groups in total. The maximum atomic E-state index is 13.5. The minimum absolute atomic E-state index is 0.0780. The van der Waals surface area contributed by atoms with E-state index in [9.17, 15) is 9.59 Å². The predicted molar refractivity (Wildman–Crippen MR) is 134 cm³/mol. The van der Waals surface area contributed by atoms with Gasteiger partial charge in [0, 0.05) is 29.7 Å². The van der Waals surface area contributed by atoms with Crippen molar-refractivity contribution in [2.45, 2.75) is 64.6 Å². The highest BCUT2D eigenvalue weighted by Gasteiger charge is 2.27. The Morgan fingerprint density at radius 3 is 2.47 bits per heavy atom. The summed E-state index contributed by atoms with van der Waals surface area (Å²) in [5.41, 5.74) is 8.44. The van der Waals surface area contributed by atoms with E-state index < -0.39 is 0 Å². The number of primary amides is 1. The zero-order valence-corrected chi connectivity index (χ0v) is 20.3. The van der Waals surface area contributed by atoms with E-state index in [1.54, 1.807) is 12.4 Å². The molecule has 1 atom stereocenters. The Balaban J connectivity index is 1.63. The first-order valence-corrected chi connectivity index (χ1v) is 12.3. The Morgan fingerprint density at radius 1 is 1.15 bits per heavy atom. The second kappa shape index (κ2) is 10.4. The van der Waals surface area contributed by atoms with Gasteiger partial charge in [-0.15, -0.1) is 0 Å². The fourth-order valence-corrected chi connectivity index (χ4v) is 4.79. The van der Waals surface area contributed by atoms with E-state index in [0.29, 0.717) is 17.1 Å². The summed E-state index contributed by atoms with van der Waals surface area (Å²) in [6.07, 6.45) is 7.22. The van der Waals surface area contributed by atoms with Gasteiger partial charge in [0.2, 0.25) is 5.91 Å². The van der Waals surface area contributed by atoms with Crippen molar-refractivity contribution >= 4 is 40.1 Å². The Morgan fingerprint density at radius 2 is 1.85 bits per heavy atom. The van der Waals surface area contributed by atoms with Crippen LogP contribution in [0, 0.1) is 5.92 Å². The summed E-state index contributed by atoms with van der Waals surface area (Å²) in [5.74, 6) is -0.513. The molecular formula is C25H31ClN6O2. The number of anilines is 1. The van der Waals surface area contributed by atoms with Crippen LogP contribution < -0.4 is 16.4 Å². The number of aryl methyl sites for hydroxylation is 1. The molecule has 9 heteroatoms. The molecule has 2 aromatic heterocycles. The van der Waals surface area contributed by atoms with Crippen molar-refractivity contribution in [3.05, 3.63) is 52.8 Å². The molecule has 0 bridgehead atoms. The SMILES string of the molecule is CCC(NC(=O)c1cnc2c(cnn2CC)c1NC1CCC(C(N)=O)CC1)c1ccc(Cl)cc1. The molecule has 1 unspecified atom stereocenters. The van der Waals surface area contributed by atoms with Crippen LogP contribution in [0.25, 0.3) is 11.0 Å².